The number of anilines is 1. The summed E-state index contributed by atoms with van der Waals surface area (Å²) in [5.74, 6) is 0.407. The Balaban J connectivity index is 2.05. The maximum Gasteiger partial charge on any atom is 0.146 e. The molecule has 2 N–H and O–H groups in total. The smallest absolute Gasteiger partial charge is 0.146 e. The quantitative estimate of drug-likeness (QED) is 0.903. The normalized spacial score (nSPS) is 11.8. The minimum atomic E-state index is -0.625. The molecule has 1 atom stereocenters. The van der Waals surface area contributed by atoms with Gasteiger partial charge < -0.3 is 10.4 Å². The van der Waals surface area contributed by atoms with E-state index in [1.807, 2.05) is 22.9 Å². The van der Waals surface area contributed by atoms with Gasteiger partial charge in [0.15, 0.2) is 0 Å². The highest BCUT2D eigenvalue weighted by molar-refractivity contribution is 7.07. The average molecular weight is 280 g/mol. The van der Waals surface area contributed by atoms with Crippen molar-refractivity contribution in [1.29, 1.82) is 5.26 Å². The van der Waals surface area contributed by atoms with Crippen molar-refractivity contribution in [3.8, 4) is 6.07 Å². The van der Waals surface area contributed by atoms with Crippen molar-refractivity contribution >= 4 is 28.8 Å². The average Bonchev–Trinajstić information content (AvgIpc) is 2.91. The number of aliphatic hydroxyl groups excluding tert-OH is 1. The van der Waals surface area contributed by atoms with Gasteiger partial charge in [-0.05, 0) is 28.5 Å². The van der Waals surface area contributed by atoms with Gasteiger partial charge in [-0.15, -0.1) is 0 Å². The predicted octanol–water partition coefficient (Wildman–Crippen LogP) is 2.81. The van der Waals surface area contributed by atoms with Gasteiger partial charge in [0, 0.05) is 12.7 Å². The number of halogens is 1. The number of rotatable bonds is 4. The van der Waals surface area contributed by atoms with Gasteiger partial charge in [-0.3, -0.25) is 0 Å². The maximum absolute atomic E-state index is 9.90. The molecular formula is C12H10ClN3OS. The molecule has 0 saturated carbocycles. The number of hydrogen-bond donors (Lipinski definition) is 2. The van der Waals surface area contributed by atoms with Crippen LogP contribution in [0.25, 0.3) is 0 Å². The molecule has 0 aliphatic heterocycles. The number of nitriles is 1. The molecule has 0 amide bonds. The SMILES string of the molecule is N#Cc1ccnc(NCC(O)c2ccsc2)c1Cl. The van der Waals surface area contributed by atoms with Crippen molar-refractivity contribution in [2.24, 2.45) is 0 Å². The second-order valence-electron chi connectivity index (χ2n) is 3.59. The van der Waals surface area contributed by atoms with Crippen molar-refractivity contribution in [3.63, 3.8) is 0 Å². The number of pyridine rings is 1. The molecule has 0 aliphatic rings. The van der Waals surface area contributed by atoms with Crippen LogP contribution in [-0.4, -0.2) is 16.6 Å². The predicted molar refractivity (Wildman–Crippen MR) is 71.7 cm³/mol. The molecule has 0 aromatic carbocycles. The van der Waals surface area contributed by atoms with Gasteiger partial charge in [-0.25, -0.2) is 4.98 Å². The van der Waals surface area contributed by atoms with Gasteiger partial charge in [-0.2, -0.15) is 16.6 Å². The molecule has 1 unspecified atom stereocenters. The third-order valence-electron chi connectivity index (χ3n) is 2.40. The lowest BCUT2D eigenvalue weighted by Gasteiger charge is -2.12. The summed E-state index contributed by atoms with van der Waals surface area (Å²) in [5.41, 5.74) is 1.21. The van der Waals surface area contributed by atoms with E-state index >= 15 is 0 Å². The van der Waals surface area contributed by atoms with Crippen molar-refractivity contribution < 1.29 is 5.11 Å². The summed E-state index contributed by atoms with van der Waals surface area (Å²) in [6.45, 7) is 0.290. The summed E-state index contributed by atoms with van der Waals surface area (Å²) < 4.78 is 0. The topological polar surface area (TPSA) is 68.9 Å². The lowest BCUT2D eigenvalue weighted by molar-refractivity contribution is 0.192. The number of aliphatic hydroxyl groups is 1. The molecule has 2 aromatic heterocycles. The van der Waals surface area contributed by atoms with Gasteiger partial charge in [0.1, 0.15) is 16.9 Å². The van der Waals surface area contributed by atoms with E-state index in [4.69, 9.17) is 16.9 Å². The largest absolute Gasteiger partial charge is 0.387 e. The van der Waals surface area contributed by atoms with Gasteiger partial charge >= 0.3 is 0 Å². The number of aromatic nitrogens is 1. The van der Waals surface area contributed by atoms with Gasteiger partial charge in [0.25, 0.3) is 0 Å². The van der Waals surface area contributed by atoms with Crippen molar-refractivity contribution in [2.45, 2.75) is 6.10 Å². The van der Waals surface area contributed by atoms with E-state index in [0.717, 1.165) is 5.56 Å². The van der Waals surface area contributed by atoms with Crippen LogP contribution >= 0.6 is 22.9 Å². The Labute approximate surface area is 113 Å². The third-order valence-corrected chi connectivity index (χ3v) is 3.48. The van der Waals surface area contributed by atoms with Crippen LogP contribution in [0.2, 0.25) is 5.02 Å². The maximum atomic E-state index is 9.90. The number of nitrogens with one attached hydrogen (secondary N) is 1. The monoisotopic (exact) mass is 279 g/mol. The van der Waals surface area contributed by atoms with E-state index in [-0.39, 0.29) is 5.02 Å². The summed E-state index contributed by atoms with van der Waals surface area (Å²) in [5, 5.41) is 25.7. The van der Waals surface area contributed by atoms with E-state index in [1.165, 1.54) is 17.5 Å². The molecule has 0 radical (unpaired) electrons. The van der Waals surface area contributed by atoms with Crippen LogP contribution in [0.3, 0.4) is 0 Å². The Morgan fingerprint density at radius 2 is 2.39 bits per heavy atom. The number of nitrogens with zero attached hydrogens (tertiary/aromatic N) is 2. The molecule has 2 aromatic rings. The molecule has 18 heavy (non-hydrogen) atoms. The van der Waals surface area contributed by atoms with Gasteiger partial charge in [0.05, 0.1) is 11.7 Å². The summed E-state index contributed by atoms with van der Waals surface area (Å²) in [4.78, 5) is 4.04. The molecule has 6 heteroatoms. The highest BCUT2D eigenvalue weighted by atomic mass is 35.5. The molecule has 4 nitrogen and oxygen atoms in total. The lowest BCUT2D eigenvalue weighted by atomic mass is 10.2. The first-order valence-electron chi connectivity index (χ1n) is 5.21. The number of hydrogen-bond acceptors (Lipinski definition) is 5. The first-order chi connectivity index (χ1) is 8.72. The fourth-order valence-corrected chi connectivity index (χ4v) is 2.36. The fraction of sp³-hybridized carbons (Fsp3) is 0.167. The molecule has 2 rings (SSSR count). The second-order valence-corrected chi connectivity index (χ2v) is 4.74. The minimum absolute atomic E-state index is 0.275. The van der Waals surface area contributed by atoms with Crippen molar-refractivity contribution in [3.05, 3.63) is 45.2 Å². The summed E-state index contributed by atoms with van der Waals surface area (Å²) in [6.07, 6.45) is 0.879. The van der Waals surface area contributed by atoms with Crippen molar-refractivity contribution in [1.82, 2.24) is 4.98 Å². The zero-order valence-corrected chi connectivity index (χ0v) is 10.9. The summed E-state index contributed by atoms with van der Waals surface area (Å²) >= 11 is 7.52. The van der Waals surface area contributed by atoms with E-state index in [1.54, 1.807) is 6.07 Å². The molecule has 0 spiro atoms. The Hall–Kier alpha value is -1.61. The third kappa shape index (κ3) is 2.79. The second kappa shape index (κ2) is 5.83. The fourth-order valence-electron chi connectivity index (χ4n) is 1.43. The molecule has 0 aliphatic carbocycles. The van der Waals surface area contributed by atoms with Gasteiger partial charge in [0.2, 0.25) is 0 Å². The van der Waals surface area contributed by atoms with Crippen LogP contribution in [0.15, 0.2) is 29.1 Å². The zero-order valence-electron chi connectivity index (χ0n) is 9.30. The highest BCUT2D eigenvalue weighted by Crippen LogP contribution is 2.24. The molecule has 0 saturated heterocycles. The molecule has 92 valence electrons. The molecule has 0 bridgehead atoms. The van der Waals surface area contributed by atoms with E-state index < -0.39 is 6.10 Å². The Bertz CT molecular complexity index is 565. The van der Waals surface area contributed by atoms with E-state index in [9.17, 15) is 5.11 Å². The Morgan fingerprint density at radius 3 is 3.06 bits per heavy atom. The van der Waals surface area contributed by atoms with Crippen LogP contribution in [0, 0.1) is 11.3 Å². The zero-order chi connectivity index (χ0) is 13.0. The van der Waals surface area contributed by atoms with Crippen LogP contribution < -0.4 is 5.32 Å². The van der Waals surface area contributed by atoms with Crippen LogP contribution in [-0.2, 0) is 0 Å². The Kier molecular flexibility index (Phi) is 4.15. The van der Waals surface area contributed by atoms with E-state index in [2.05, 4.69) is 10.3 Å². The summed E-state index contributed by atoms with van der Waals surface area (Å²) in [7, 11) is 0. The lowest BCUT2D eigenvalue weighted by Crippen LogP contribution is -2.12. The van der Waals surface area contributed by atoms with Crippen LogP contribution in [0.5, 0.6) is 0 Å². The molecule has 0 fully saturated rings. The van der Waals surface area contributed by atoms with Crippen LogP contribution in [0.4, 0.5) is 5.82 Å². The standard InChI is InChI=1S/C12H10ClN3OS/c13-11-8(5-14)1-3-15-12(11)16-6-10(17)9-2-4-18-7-9/h1-4,7,10,17H,6H2,(H,15,16). The first-order valence-corrected chi connectivity index (χ1v) is 6.53. The number of thiophene rings is 1. The summed E-state index contributed by atoms with van der Waals surface area (Å²) in [6, 6.07) is 5.38. The highest BCUT2D eigenvalue weighted by Gasteiger charge is 2.11. The minimum Gasteiger partial charge on any atom is -0.387 e. The molecular weight excluding hydrogens is 270 g/mol. The van der Waals surface area contributed by atoms with Crippen LogP contribution in [0.1, 0.15) is 17.2 Å². The first kappa shape index (κ1) is 12.8. The van der Waals surface area contributed by atoms with E-state index in [0.29, 0.717) is 17.9 Å². The molecule has 2 heterocycles. The van der Waals surface area contributed by atoms with Gasteiger partial charge in [-0.1, -0.05) is 11.6 Å². The Morgan fingerprint density at radius 1 is 1.56 bits per heavy atom. The van der Waals surface area contributed by atoms with Crippen molar-refractivity contribution in [2.75, 3.05) is 11.9 Å².